The molecule has 2 rings (SSSR count). The number of amides is 1. The molecule has 1 aromatic rings. The van der Waals surface area contributed by atoms with Gasteiger partial charge in [-0.1, -0.05) is 19.8 Å². The van der Waals surface area contributed by atoms with Crippen LogP contribution in [0.3, 0.4) is 0 Å². The lowest BCUT2D eigenvalue weighted by atomic mass is 9.86. The predicted molar refractivity (Wildman–Crippen MR) is 84.6 cm³/mol. The number of carbonyl (C=O) groups is 1. The summed E-state index contributed by atoms with van der Waals surface area (Å²) < 4.78 is 28.1. The summed E-state index contributed by atoms with van der Waals surface area (Å²) in [6.07, 6.45) is 5.72. The second-order valence-electron chi connectivity index (χ2n) is 5.97. The van der Waals surface area contributed by atoms with E-state index in [2.05, 4.69) is 12.2 Å². The molecule has 0 bridgehead atoms. The normalized spacial score (nSPS) is 22.1. The van der Waals surface area contributed by atoms with Crippen molar-refractivity contribution in [1.82, 2.24) is 5.32 Å². The van der Waals surface area contributed by atoms with Gasteiger partial charge in [-0.25, -0.2) is 8.42 Å². The summed E-state index contributed by atoms with van der Waals surface area (Å²) in [7, 11) is -3.21. The van der Waals surface area contributed by atoms with Gasteiger partial charge in [-0.3, -0.25) is 4.79 Å². The molecule has 0 aliphatic heterocycles. The largest absolute Gasteiger partial charge is 0.484 e. The van der Waals surface area contributed by atoms with Crippen molar-refractivity contribution in [3.63, 3.8) is 0 Å². The first kappa shape index (κ1) is 16.8. The van der Waals surface area contributed by atoms with Crippen molar-refractivity contribution in [1.29, 1.82) is 0 Å². The Labute approximate surface area is 132 Å². The van der Waals surface area contributed by atoms with Gasteiger partial charge in [0.15, 0.2) is 16.4 Å². The zero-order valence-electron chi connectivity index (χ0n) is 13.0. The zero-order chi connectivity index (χ0) is 16.2. The lowest BCUT2D eigenvalue weighted by molar-refractivity contribution is -0.124. The third kappa shape index (κ3) is 4.73. The van der Waals surface area contributed by atoms with Gasteiger partial charge in [0, 0.05) is 12.3 Å². The van der Waals surface area contributed by atoms with E-state index in [-0.39, 0.29) is 23.5 Å². The number of hydrogen-bond donors (Lipinski definition) is 1. The fourth-order valence-corrected chi connectivity index (χ4v) is 3.34. The Balaban J connectivity index is 1.83. The Morgan fingerprint density at radius 3 is 2.45 bits per heavy atom. The molecular formula is C16H23NO4S. The summed E-state index contributed by atoms with van der Waals surface area (Å²) in [5.74, 6) is 0.858. The van der Waals surface area contributed by atoms with Crippen molar-refractivity contribution < 1.29 is 17.9 Å². The minimum atomic E-state index is -3.21. The molecule has 2 unspecified atom stereocenters. The van der Waals surface area contributed by atoms with Crippen molar-refractivity contribution in [2.75, 3.05) is 12.9 Å². The van der Waals surface area contributed by atoms with Crippen molar-refractivity contribution in [2.24, 2.45) is 5.92 Å². The fourth-order valence-electron chi connectivity index (χ4n) is 2.71. The second kappa shape index (κ2) is 7.13. The predicted octanol–water partition coefficient (Wildman–Crippen LogP) is 2.16. The molecule has 0 saturated heterocycles. The molecule has 1 N–H and O–H groups in total. The van der Waals surface area contributed by atoms with Gasteiger partial charge in [0.05, 0.1) is 4.90 Å². The van der Waals surface area contributed by atoms with Crippen LogP contribution in [0.15, 0.2) is 29.2 Å². The molecule has 2 atom stereocenters. The summed E-state index contributed by atoms with van der Waals surface area (Å²) in [6.45, 7) is 2.11. The fraction of sp³-hybridized carbons (Fsp3) is 0.562. The monoisotopic (exact) mass is 325 g/mol. The molecule has 5 nitrogen and oxygen atoms in total. The van der Waals surface area contributed by atoms with E-state index in [0.29, 0.717) is 11.7 Å². The molecule has 0 radical (unpaired) electrons. The summed E-state index contributed by atoms with van der Waals surface area (Å²) in [4.78, 5) is 12.2. The lowest BCUT2D eigenvalue weighted by Crippen LogP contribution is -2.43. The Hall–Kier alpha value is -1.56. The molecule has 122 valence electrons. The highest BCUT2D eigenvalue weighted by molar-refractivity contribution is 7.90. The topological polar surface area (TPSA) is 72.5 Å². The maximum Gasteiger partial charge on any atom is 0.258 e. The Bertz CT molecular complexity index is 610. The van der Waals surface area contributed by atoms with E-state index < -0.39 is 9.84 Å². The molecule has 1 aromatic carbocycles. The van der Waals surface area contributed by atoms with E-state index in [0.717, 1.165) is 25.5 Å². The van der Waals surface area contributed by atoms with E-state index >= 15 is 0 Å². The quantitative estimate of drug-likeness (QED) is 0.900. The molecular weight excluding hydrogens is 302 g/mol. The van der Waals surface area contributed by atoms with Gasteiger partial charge < -0.3 is 10.1 Å². The highest BCUT2D eigenvalue weighted by atomic mass is 32.2. The second-order valence-corrected chi connectivity index (χ2v) is 7.98. The Morgan fingerprint density at radius 1 is 1.23 bits per heavy atom. The summed E-state index contributed by atoms with van der Waals surface area (Å²) in [6, 6.07) is 6.31. The average molecular weight is 325 g/mol. The SMILES string of the molecule is CC1CCCCC1NC(=O)COc1ccc(S(C)(=O)=O)cc1. The molecule has 6 heteroatoms. The van der Waals surface area contributed by atoms with Crippen LogP contribution in [0.2, 0.25) is 0 Å². The number of ether oxygens (including phenoxy) is 1. The van der Waals surface area contributed by atoms with Crippen LogP contribution in [0, 0.1) is 5.92 Å². The Kier molecular flexibility index (Phi) is 5.45. The molecule has 22 heavy (non-hydrogen) atoms. The number of carbonyl (C=O) groups excluding carboxylic acids is 1. The van der Waals surface area contributed by atoms with Crippen LogP contribution in [0.5, 0.6) is 5.75 Å². The van der Waals surface area contributed by atoms with Gasteiger partial charge in [-0.05, 0) is 43.0 Å². The van der Waals surface area contributed by atoms with Crippen molar-refractivity contribution in [3.05, 3.63) is 24.3 Å². The van der Waals surface area contributed by atoms with Gasteiger partial charge in [0.1, 0.15) is 5.75 Å². The van der Waals surface area contributed by atoms with E-state index in [9.17, 15) is 13.2 Å². The molecule has 1 aliphatic carbocycles. The number of nitrogens with one attached hydrogen (secondary N) is 1. The van der Waals surface area contributed by atoms with E-state index in [4.69, 9.17) is 4.74 Å². The van der Waals surface area contributed by atoms with Crippen LogP contribution in [-0.4, -0.2) is 33.2 Å². The maximum atomic E-state index is 11.9. The summed E-state index contributed by atoms with van der Waals surface area (Å²) in [5.41, 5.74) is 0. The molecule has 0 heterocycles. The molecule has 0 spiro atoms. The van der Waals surface area contributed by atoms with Crippen molar-refractivity contribution >= 4 is 15.7 Å². The third-order valence-corrected chi connectivity index (χ3v) is 5.21. The summed E-state index contributed by atoms with van der Waals surface area (Å²) in [5, 5.41) is 3.01. The molecule has 0 aromatic heterocycles. The number of sulfone groups is 1. The van der Waals surface area contributed by atoms with Gasteiger partial charge in [0.25, 0.3) is 5.91 Å². The lowest BCUT2D eigenvalue weighted by Gasteiger charge is -2.29. The van der Waals surface area contributed by atoms with Crippen LogP contribution in [0.1, 0.15) is 32.6 Å². The molecule has 1 saturated carbocycles. The smallest absolute Gasteiger partial charge is 0.258 e. The minimum absolute atomic E-state index is 0.0541. The van der Waals surface area contributed by atoms with E-state index in [1.165, 1.54) is 18.6 Å². The van der Waals surface area contributed by atoms with Gasteiger partial charge in [-0.15, -0.1) is 0 Å². The molecule has 1 amide bonds. The summed E-state index contributed by atoms with van der Waals surface area (Å²) >= 11 is 0. The van der Waals surface area contributed by atoms with E-state index in [1.54, 1.807) is 12.1 Å². The van der Waals surface area contributed by atoms with Crippen LogP contribution < -0.4 is 10.1 Å². The van der Waals surface area contributed by atoms with E-state index in [1.807, 2.05) is 0 Å². The number of rotatable bonds is 5. The highest BCUT2D eigenvalue weighted by Gasteiger charge is 2.22. The molecule has 1 aliphatic rings. The van der Waals surface area contributed by atoms with Crippen molar-refractivity contribution in [2.45, 2.75) is 43.5 Å². The van der Waals surface area contributed by atoms with Gasteiger partial charge in [0.2, 0.25) is 0 Å². The minimum Gasteiger partial charge on any atom is -0.484 e. The van der Waals surface area contributed by atoms with Crippen LogP contribution >= 0.6 is 0 Å². The number of benzene rings is 1. The third-order valence-electron chi connectivity index (χ3n) is 4.08. The van der Waals surface area contributed by atoms with Crippen LogP contribution in [-0.2, 0) is 14.6 Å². The average Bonchev–Trinajstić information content (AvgIpc) is 2.47. The van der Waals surface area contributed by atoms with Gasteiger partial charge >= 0.3 is 0 Å². The van der Waals surface area contributed by atoms with Crippen LogP contribution in [0.4, 0.5) is 0 Å². The van der Waals surface area contributed by atoms with Crippen molar-refractivity contribution in [3.8, 4) is 5.75 Å². The zero-order valence-corrected chi connectivity index (χ0v) is 13.9. The standard InChI is InChI=1S/C16H23NO4S/c1-12-5-3-4-6-15(12)17-16(18)11-21-13-7-9-14(10-8-13)22(2,19)20/h7-10,12,15H,3-6,11H2,1-2H3,(H,17,18). The highest BCUT2D eigenvalue weighted by Crippen LogP contribution is 2.23. The first-order valence-corrected chi connectivity index (χ1v) is 9.47. The first-order valence-electron chi connectivity index (χ1n) is 7.58. The van der Waals surface area contributed by atoms with Crippen LogP contribution in [0.25, 0.3) is 0 Å². The molecule has 1 fully saturated rings. The maximum absolute atomic E-state index is 11.9. The number of hydrogen-bond acceptors (Lipinski definition) is 4. The Morgan fingerprint density at radius 2 is 1.86 bits per heavy atom. The van der Waals surface area contributed by atoms with Gasteiger partial charge in [-0.2, -0.15) is 0 Å². The first-order chi connectivity index (χ1) is 10.4.